The Morgan fingerprint density at radius 1 is 1.18 bits per heavy atom. The van der Waals surface area contributed by atoms with Crippen LogP contribution in [0.3, 0.4) is 0 Å². The lowest BCUT2D eigenvalue weighted by atomic mass is 10.0. The molecule has 2 aliphatic rings. The summed E-state index contributed by atoms with van der Waals surface area (Å²) in [6.07, 6.45) is 4.52. The molecule has 1 saturated carbocycles. The van der Waals surface area contributed by atoms with E-state index in [-0.39, 0.29) is 29.8 Å². The summed E-state index contributed by atoms with van der Waals surface area (Å²) in [5, 5.41) is 4.40. The fourth-order valence-corrected chi connectivity index (χ4v) is 6.30. The molecule has 0 radical (unpaired) electrons. The van der Waals surface area contributed by atoms with Crippen molar-refractivity contribution < 1.29 is 14.0 Å². The average Bonchev–Trinajstić information content (AvgIpc) is 3.29. The van der Waals surface area contributed by atoms with Crippen LogP contribution in [0, 0.1) is 5.41 Å². The summed E-state index contributed by atoms with van der Waals surface area (Å²) < 4.78 is 8.07. The number of anilines is 2. The molecule has 1 aliphatic heterocycles. The highest BCUT2D eigenvalue weighted by atomic mass is 79.9. The molecule has 1 aliphatic carbocycles. The van der Waals surface area contributed by atoms with Gasteiger partial charge < -0.3 is 24.9 Å². The van der Waals surface area contributed by atoms with Gasteiger partial charge in [0.05, 0.1) is 17.2 Å². The number of pyridine rings is 1. The Morgan fingerprint density at radius 3 is 2.85 bits per heavy atom. The lowest BCUT2D eigenvalue weighted by molar-refractivity contribution is -0.138. The van der Waals surface area contributed by atoms with Gasteiger partial charge in [0.25, 0.3) is 0 Å². The number of aromatic nitrogens is 4. The third-order valence-corrected chi connectivity index (χ3v) is 8.40. The molecule has 4 aromatic heterocycles. The van der Waals surface area contributed by atoms with Crippen molar-refractivity contribution in [3.8, 4) is 11.3 Å². The molecule has 1 aromatic carbocycles. The maximum atomic E-state index is 14.0. The first-order valence-corrected chi connectivity index (χ1v) is 13.4. The van der Waals surface area contributed by atoms with Crippen molar-refractivity contribution in [1.29, 1.82) is 0 Å². The molecule has 7 rings (SSSR count). The van der Waals surface area contributed by atoms with Gasteiger partial charge >= 0.3 is 0 Å². The second kappa shape index (κ2) is 8.63. The van der Waals surface area contributed by atoms with Crippen LogP contribution in [0.5, 0.6) is 0 Å². The van der Waals surface area contributed by atoms with Crippen LogP contribution in [-0.2, 0) is 16.1 Å². The van der Waals surface area contributed by atoms with Gasteiger partial charge in [-0.15, -0.1) is 0 Å². The van der Waals surface area contributed by atoms with Gasteiger partial charge in [-0.1, -0.05) is 13.0 Å². The van der Waals surface area contributed by atoms with Crippen LogP contribution in [0.25, 0.3) is 33.3 Å². The second-order valence-corrected chi connectivity index (χ2v) is 11.3. The minimum Gasteiger partial charge on any atom is -0.464 e. The number of rotatable bonds is 5. The van der Waals surface area contributed by atoms with Gasteiger partial charge in [-0.05, 0) is 76.7 Å². The zero-order chi connectivity index (χ0) is 26.9. The molecule has 5 heterocycles. The minimum absolute atomic E-state index is 0.0159. The van der Waals surface area contributed by atoms with E-state index < -0.39 is 6.04 Å². The van der Waals surface area contributed by atoms with Crippen molar-refractivity contribution >= 4 is 61.3 Å². The van der Waals surface area contributed by atoms with Crippen LogP contribution in [0.4, 0.5) is 11.6 Å². The van der Waals surface area contributed by atoms with Crippen molar-refractivity contribution in [2.45, 2.75) is 38.4 Å². The maximum Gasteiger partial charge on any atom is 0.248 e. The number of nitrogens with zero attached hydrogens (tertiary/aromatic N) is 5. The molecule has 0 spiro atoms. The van der Waals surface area contributed by atoms with Gasteiger partial charge in [0.2, 0.25) is 11.8 Å². The number of halogens is 1. The Balaban J connectivity index is 1.24. The first-order chi connectivity index (χ1) is 18.8. The number of fused-ring (bicyclic) bond motifs is 4. The smallest absolute Gasteiger partial charge is 0.248 e. The number of likely N-dealkylation sites (tertiary alicyclic amines) is 1. The van der Waals surface area contributed by atoms with Gasteiger partial charge in [-0.3, -0.25) is 9.59 Å². The van der Waals surface area contributed by atoms with Gasteiger partial charge in [-0.25, -0.2) is 15.0 Å². The van der Waals surface area contributed by atoms with Gasteiger partial charge in [0.15, 0.2) is 0 Å². The molecular weight excluding hydrogens is 562 g/mol. The molecule has 1 saturated heterocycles. The average molecular weight is 586 g/mol. The third-order valence-electron chi connectivity index (χ3n) is 7.96. The number of nitrogen functional groups attached to an aromatic ring is 1. The number of nitrogens with one attached hydrogen (secondary N) is 1. The molecule has 10 nitrogen and oxygen atoms in total. The number of piperidine rings is 1. The highest BCUT2D eigenvalue weighted by Crippen LogP contribution is 2.59. The summed E-state index contributed by atoms with van der Waals surface area (Å²) in [5.74, 6) is 1.12. The second-order valence-electron chi connectivity index (χ2n) is 10.5. The summed E-state index contributed by atoms with van der Waals surface area (Å²) in [6, 6.07) is 14.3. The van der Waals surface area contributed by atoms with Crippen LogP contribution in [0.2, 0.25) is 0 Å². The number of furan rings is 1. The summed E-state index contributed by atoms with van der Waals surface area (Å²) in [4.78, 5) is 42.1. The van der Waals surface area contributed by atoms with Crippen LogP contribution >= 0.6 is 15.9 Å². The lowest BCUT2D eigenvalue weighted by Gasteiger charge is -2.27. The van der Waals surface area contributed by atoms with Gasteiger partial charge in [0, 0.05) is 17.0 Å². The molecule has 2 fully saturated rings. The SMILES string of the molecule is C[C@]12CC1N(C(=O)Cn1c3ccc(-c4ccco4)cc3c3c(N)ncnc31)[C@H](C(=O)Nc1cccc(Br)n1)C2. The van der Waals surface area contributed by atoms with Crippen molar-refractivity contribution in [1.82, 2.24) is 24.4 Å². The Hall–Kier alpha value is -4.25. The quantitative estimate of drug-likeness (QED) is 0.288. The van der Waals surface area contributed by atoms with Crippen molar-refractivity contribution in [3.63, 3.8) is 0 Å². The predicted octanol–water partition coefficient (Wildman–Crippen LogP) is 4.60. The standard InChI is InChI=1S/C28H24BrN7O3/c1-28-11-18(27(38)34-22-6-2-5-21(29)33-22)36(20(28)12-28)23(37)13-35-17-8-7-15(19-4-3-9-39-19)10-16(17)24-25(30)31-14-32-26(24)35/h2-10,14,18,20H,11-13H2,1H3,(H2,30,31,32)(H,33,34,38)/t18-,20?,28-/m0/s1. The molecule has 0 bridgehead atoms. The molecule has 39 heavy (non-hydrogen) atoms. The van der Waals surface area contributed by atoms with Crippen LogP contribution in [-0.4, -0.2) is 48.3 Å². The summed E-state index contributed by atoms with van der Waals surface area (Å²) in [5.41, 5.74) is 8.50. The zero-order valence-electron chi connectivity index (χ0n) is 21.0. The fourth-order valence-electron chi connectivity index (χ4n) is 5.96. The normalized spacial score (nSPS) is 21.8. The monoisotopic (exact) mass is 585 g/mol. The Bertz CT molecular complexity index is 1780. The number of hydrogen-bond donors (Lipinski definition) is 2. The van der Waals surface area contributed by atoms with E-state index in [4.69, 9.17) is 10.2 Å². The Labute approximate surface area is 231 Å². The predicted molar refractivity (Wildman–Crippen MR) is 149 cm³/mol. The van der Waals surface area contributed by atoms with Gasteiger partial charge in [0.1, 0.15) is 46.6 Å². The van der Waals surface area contributed by atoms with Crippen molar-refractivity contribution in [2.24, 2.45) is 5.41 Å². The van der Waals surface area contributed by atoms with E-state index in [0.717, 1.165) is 28.6 Å². The van der Waals surface area contributed by atoms with E-state index in [2.05, 4.69) is 43.1 Å². The Morgan fingerprint density at radius 2 is 2.05 bits per heavy atom. The number of carbonyl (C=O) groups is 2. The first kappa shape index (κ1) is 23.8. The summed E-state index contributed by atoms with van der Waals surface area (Å²) >= 11 is 3.33. The van der Waals surface area contributed by atoms with E-state index in [1.54, 1.807) is 29.4 Å². The number of hydrogen-bond acceptors (Lipinski definition) is 7. The van der Waals surface area contributed by atoms with E-state index in [0.29, 0.717) is 33.7 Å². The molecule has 3 atom stereocenters. The van der Waals surface area contributed by atoms with E-state index in [1.807, 2.05) is 34.9 Å². The van der Waals surface area contributed by atoms with Crippen LogP contribution in [0.1, 0.15) is 19.8 Å². The molecule has 2 amide bonds. The largest absolute Gasteiger partial charge is 0.464 e. The molecular formula is C28H24BrN7O3. The highest BCUT2D eigenvalue weighted by molar-refractivity contribution is 9.10. The van der Waals surface area contributed by atoms with E-state index >= 15 is 0 Å². The number of nitrogens with two attached hydrogens (primary N) is 1. The minimum atomic E-state index is -0.583. The fraction of sp³-hybridized carbons (Fsp3) is 0.250. The molecule has 11 heteroatoms. The number of benzene rings is 1. The van der Waals surface area contributed by atoms with Crippen LogP contribution < -0.4 is 11.1 Å². The highest BCUT2D eigenvalue weighted by Gasteiger charge is 2.64. The molecule has 5 aromatic rings. The van der Waals surface area contributed by atoms with Crippen molar-refractivity contribution in [2.75, 3.05) is 11.1 Å². The molecule has 196 valence electrons. The van der Waals surface area contributed by atoms with E-state index in [9.17, 15) is 9.59 Å². The molecule has 1 unspecified atom stereocenters. The van der Waals surface area contributed by atoms with Crippen molar-refractivity contribution in [3.05, 3.63) is 65.7 Å². The first-order valence-electron chi connectivity index (χ1n) is 12.6. The molecule has 3 N–H and O–H groups in total. The topological polar surface area (TPSA) is 132 Å². The lowest BCUT2D eigenvalue weighted by Crippen LogP contribution is -2.46. The number of carbonyl (C=O) groups excluding carboxylic acids is 2. The summed E-state index contributed by atoms with van der Waals surface area (Å²) in [6.45, 7) is 2.15. The van der Waals surface area contributed by atoms with Gasteiger partial charge in [-0.2, -0.15) is 0 Å². The Kier molecular flexibility index (Phi) is 5.28. The maximum absolute atomic E-state index is 14.0. The zero-order valence-corrected chi connectivity index (χ0v) is 22.6. The third kappa shape index (κ3) is 3.87. The number of amides is 2. The summed E-state index contributed by atoms with van der Waals surface area (Å²) in [7, 11) is 0. The van der Waals surface area contributed by atoms with Crippen LogP contribution in [0.15, 0.2) is 70.1 Å². The van der Waals surface area contributed by atoms with E-state index in [1.165, 1.54) is 6.33 Å².